The second-order valence-corrected chi connectivity index (χ2v) is 8.67. The zero-order valence-corrected chi connectivity index (χ0v) is 20.8. The van der Waals surface area contributed by atoms with E-state index in [0.29, 0.717) is 19.3 Å². The monoisotopic (exact) mass is 445 g/mol. The van der Waals surface area contributed by atoms with Gasteiger partial charge in [0.15, 0.2) is 0 Å². The molecule has 0 aromatic heterocycles. The summed E-state index contributed by atoms with van der Waals surface area (Å²) in [6.07, 6.45) is 16.4. The molecule has 0 amide bonds. The molecule has 4 nitrogen and oxygen atoms in total. The molecule has 0 atom stereocenters. The zero-order valence-electron chi connectivity index (χ0n) is 20.0. The number of carbonyl (C=O) groups is 3. The van der Waals surface area contributed by atoms with E-state index in [0.717, 1.165) is 96.3 Å². The molecule has 178 valence electrons. The van der Waals surface area contributed by atoms with Gasteiger partial charge in [0, 0.05) is 19.3 Å². The van der Waals surface area contributed by atoms with Gasteiger partial charge < -0.3 is 18.1 Å². The first kappa shape index (κ1) is 31.4. The highest BCUT2D eigenvalue weighted by molar-refractivity contribution is 6.27. The molecule has 0 saturated carbocycles. The van der Waals surface area contributed by atoms with Crippen LogP contribution in [0.15, 0.2) is 0 Å². The second-order valence-electron chi connectivity index (χ2n) is 8.67. The van der Waals surface area contributed by atoms with Gasteiger partial charge in [0.2, 0.25) is 17.3 Å². The molecule has 0 unspecified atom stereocenters. The lowest BCUT2D eigenvalue weighted by atomic mass is 9.79. The van der Waals surface area contributed by atoms with Crippen LogP contribution in [-0.4, -0.2) is 22.9 Å². The number of hydrogen-bond acceptors (Lipinski definition) is 3. The molecule has 0 aliphatic heterocycles. The average Bonchev–Trinajstić information content (AvgIpc) is 2.72. The third kappa shape index (κ3) is 12.8. The minimum atomic E-state index is -1.65. The maximum absolute atomic E-state index is 12.9. The highest BCUT2D eigenvalue weighted by Gasteiger charge is 2.50. The molecule has 0 heterocycles. The van der Waals surface area contributed by atoms with Gasteiger partial charge in [-0.05, 0) is 19.3 Å². The fourth-order valence-corrected chi connectivity index (χ4v) is 3.77. The molecule has 0 bridgehead atoms. The lowest BCUT2D eigenvalue weighted by Crippen LogP contribution is -3.00. The molecule has 0 fully saturated rings. The first-order valence-electron chi connectivity index (χ1n) is 12.4. The summed E-state index contributed by atoms with van der Waals surface area (Å²) in [4.78, 5) is 38.8. The number of Topliss-reactive ketones (excluding diaryl/α,β-unsaturated/α-hetero) is 3. The Hall–Kier alpha value is -0.740. The van der Waals surface area contributed by atoms with Crippen LogP contribution in [0, 0.1) is 0 Å². The van der Waals surface area contributed by atoms with E-state index >= 15 is 0 Å². The van der Waals surface area contributed by atoms with Crippen molar-refractivity contribution in [2.75, 3.05) is 0 Å². The van der Waals surface area contributed by atoms with E-state index in [1.54, 1.807) is 0 Å². The van der Waals surface area contributed by atoms with E-state index in [1.165, 1.54) is 0 Å². The van der Waals surface area contributed by atoms with Crippen LogP contribution in [0.2, 0.25) is 0 Å². The van der Waals surface area contributed by atoms with E-state index in [-0.39, 0.29) is 29.8 Å². The number of quaternary nitrogens is 1. The van der Waals surface area contributed by atoms with Gasteiger partial charge in [0.1, 0.15) is 0 Å². The van der Waals surface area contributed by atoms with Crippen LogP contribution in [0.1, 0.15) is 136 Å². The number of halogens is 1. The maximum atomic E-state index is 12.9. The van der Waals surface area contributed by atoms with Crippen molar-refractivity contribution in [2.45, 2.75) is 142 Å². The SMILES string of the molecule is CCCCCCCC(=O)C([NH3+])(C(=O)CCCCCCC)C(=O)CCCCCCC.[Cl-]. The van der Waals surface area contributed by atoms with E-state index in [2.05, 4.69) is 26.5 Å². The van der Waals surface area contributed by atoms with Gasteiger partial charge in [-0.2, -0.15) is 0 Å². The third-order valence-corrected chi connectivity index (χ3v) is 5.95. The Morgan fingerprint density at radius 1 is 0.500 bits per heavy atom. The van der Waals surface area contributed by atoms with Crippen molar-refractivity contribution in [1.29, 1.82) is 0 Å². The molecular formula is C25H48ClNO3. The van der Waals surface area contributed by atoms with Crippen molar-refractivity contribution in [3.63, 3.8) is 0 Å². The zero-order chi connectivity index (χ0) is 22.0. The van der Waals surface area contributed by atoms with Crippen molar-refractivity contribution in [3.05, 3.63) is 0 Å². The van der Waals surface area contributed by atoms with Crippen LogP contribution in [0.3, 0.4) is 0 Å². The average molecular weight is 446 g/mol. The lowest BCUT2D eigenvalue weighted by Gasteiger charge is -2.22. The molecule has 0 spiro atoms. The summed E-state index contributed by atoms with van der Waals surface area (Å²) in [6, 6.07) is 0. The van der Waals surface area contributed by atoms with Crippen LogP contribution in [-0.2, 0) is 14.4 Å². The van der Waals surface area contributed by atoms with Crippen molar-refractivity contribution in [2.24, 2.45) is 0 Å². The summed E-state index contributed by atoms with van der Waals surface area (Å²) in [5.41, 5.74) is 2.31. The van der Waals surface area contributed by atoms with E-state index < -0.39 is 5.54 Å². The first-order chi connectivity index (χ1) is 13.9. The van der Waals surface area contributed by atoms with Gasteiger partial charge in [-0.15, -0.1) is 0 Å². The van der Waals surface area contributed by atoms with Crippen molar-refractivity contribution >= 4 is 17.3 Å². The Morgan fingerprint density at radius 2 is 0.733 bits per heavy atom. The Labute approximate surface area is 191 Å². The Bertz CT molecular complexity index is 401. The third-order valence-electron chi connectivity index (χ3n) is 5.95. The van der Waals surface area contributed by atoms with Crippen molar-refractivity contribution in [1.82, 2.24) is 0 Å². The summed E-state index contributed by atoms with van der Waals surface area (Å²) in [5, 5.41) is 0. The molecule has 30 heavy (non-hydrogen) atoms. The van der Waals surface area contributed by atoms with Gasteiger partial charge in [-0.3, -0.25) is 14.4 Å². The van der Waals surface area contributed by atoms with Crippen LogP contribution < -0.4 is 18.1 Å². The molecule has 0 rings (SSSR count). The smallest absolute Gasteiger partial charge is 0.270 e. The van der Waals surface area contributed by atoms with Gasteiger partial charge >= 0.3 is 0 Å². The van der Waals surface area contributed by atoms with E-state index in [9.17, 15) is 14.4 Å². The Balaban J connectivity index is 0. The molecule has 0 aromatic carbocycles. The predicted molar refractivity (Wildman–Crippen MR) is 121 cm³/mol. The van der Waals surface area contributed by atoms with Gasteiger partial charge in [0.25, 0.3) is 5.54 Å². The van der Waals surface area contributed by atoms with Crippen LogP contribution in [0.4, 0.5) is 0 Å². The quantitative estimate of drug-likeness (QED) is 0.218. The molecular weight excluding hydrogens is 398 g/mol. The fraction of sp³-hybridized carbons (Fsp3) is 0.880. The van der Waals surface area contributed by atoms with Crippen LogP contribution in [0.5, 0.6) is 0 Å². The fourth-order valence-electron chi connectivity index (χ4n) is 3.77. The maximum Gasteiger partial charge on any atom is 0.270 e. The van der Waals surface area contributed by atoms with Gasteiger partial charge in [-0.1, -0.05) is 97.8 Å². The number of hydrogen-bond donors (Lipinski definition) is 1. The number of carbonyl (C=O) groups excluding carboxylic acids is 3. The van der Waals surface area contributed by atoms with Crippen molar-refractivity contribution in [3.8, 4) is 0 Å². The summed E-state index contributed by atoms with van der Waals surface area (Å²) in [5.74, 6) is -0.733. The number of unbranched alkanes of at least 4 members (excludes halogenated alkanes) is 12. The molecule has 3 N–H and O–H groups in total. The van der Waals surface area contributed by atoms with Gasteiger partial charge in [0.05, 0.1) is 0 Å². The highest BCUT2D eigenvalue weighted by atomic mass is 35.5. The normalized spacial score (nSPS) is 11.2. The van der Waals surface area contributed by atoms with Crippen LogP contribution >= 0.6 is 0 Å². The standard InChI is InChI=1S/C25H47NO3.ClH/c1-4-7-10-13-16-19-22(27)25(26,23(28)20-17-14-11-8-5-2)24(29)21-18-15-12-9-6-3;/h4-21,26H2,1-3H3;1H. The molecule has 5 heteroatoms. The number of rotatable bonds is 21. The Morgan fingerprint density at radius 3 is 0.967 bits per heavy atom. The summed E-state index contributed by atoms with van der Waals surface area (Å²) < 4.78 is 0. The summed E-state index contributed by atoms with van der Waals surface area (Å²) >= 11 is 0. The highest BCUT2D eigenvalue weighted by Crippen LogP contribution is 2.19. The Kier molecular flexibility index (Phi) is 21.2. The predicted octanol–water partition coefficient (Wildman–Crippen LogP) is 2.76. The molecule has 0 aliphatic rings. The molecule has 0 radical (unpaired) electrons. The van der Waals surface area contributed by atoms with Crippen molar-refractivity contribution < 1.29 is 32.5 Å². The van der Waals surface area contributed by atoms with Crippen LogP contribution in [0.25, 0.3) is 0 Å². The summed E-state index contributed by atoms with van der Waals surface area (Å²) in [6.45, 7) is 6.47. The number of ketones is 3. The second kappa shape index (κ2) is 20.2. The largest absolute Gasteiger partial charge is 1.00 e. The molecule has 0 saturated heterocycles. The van der Waals surface area contributed by atoms with E-state index in [4.69, 9.17) is 0 Å². The summed E-state index contributed by atoms with van der Waals surface area (Å²) in [7, 11) is 0. The minimum Gasteiger partial charge on any atom is -1.00 e. The topological polar surface area (TPSA) is 78.8 Å². The minimum absolute atomic E-state index is 0. The first-order valence-corrected chi connectivity index (χ1v) is 12.4. The van der Waals surface area contributed by atoms with E-state index in [1.807, 2.05) is 0 Å². The lowest BCUT2D eigenvalue weighted by molar-refractivity contribution is -0.421. The molecule has 0 aromatic rings. The van der Waals surface area contributed by atoms with Gasteiger partial charge in [-0.25, -0.2) is 0 Å². The molecule has 0 aliphatic carbocycles.